The van der Waals surface area contributed by atoms with Crippen LogP contribution in [0.3, 0.4) is 0 Å². The Balaban J connectivity index is 0.000000164. The number of urea groups is 1. The lowest BCUT2D eigenvalue weighted by Crippen LogP contribution is -2.18. The normalized spacial score (nSPS) is 11.3. The van der Waals surface area contributed by atoms with Gasteiger partial charge in [-0.2, -0.15) is 0 Å². The fourth-order valence-corrected chi connectivity index (χ4v) is 1.69. The molecule has 0 atom stereocenters. The minimum Gasteiger partial charge on any atom is -0.382 e. The number of nitrogens with one attached hydrogen (secondary N) is 2. The first-order valence-corrected chi connectivity index (χ1v) is 6.48. The van der Waals surface area contributed by atoms with Crippen molar-refractivity contribution in [1.29, 1.82) is 0 Å². The summed E-state index contributed by atoms with van der Waals surface area (Å²) in [5.41, 5.74) is 12.8. The van der Waals surface area contributed by atoms with Crippen LogP contribution < -0.4 is 22.1 Å². The third-order valence-electron chi connectivity index (χ3n) is 2.64. The first kappa shape index (κ1) is 15.0. The highest BCUT2D eigenvalue weighted by Gasteiger charge is 2.05. The molecule has 7 nitrogen and oxygen atoms in total. The lowest BCUT2D eigenvalue weighted by molar-refractivity contribution is 0.259. The van der Waals surface area contributed by atoms with Gasteiger partial charge in [0, 0.05) is 11.9 Å². The molecule has 0 spiro atoms. The molecule has 7 heteroatoms. The zero-order valence-electron chi connectivity index (χ0n) is 11.7. The molecule has 6 N–H and O–H groups in total. The molecule has 1 aliphatic rings. The third kappa shape index (κ3) is 4.34. The van der Waals surface area contributed by atoms with Crippen molar-refractivity contribution in [2.75, 3.05) is 16.4 Å². The number of fused-ring (bicyclic) bond motifs is 1. The monoisotopic (exact) mass is 296 g/mol. The van der Waals surface area contributed by atoms with Crippen molar-refractivity contribution in [3.05, 3.63) is 60.7 Å². The molecule has 0 saturated heterocycles. The molecule has 0 unspecified atom stereocenters. The van der Waals surface area contributed by atoms with Gasteiger partial charge in [-0.1, -0.05) is 24.3 Å². The summed E-state index contributed by atoms with van der Waals surface area (Å²) in [7, 11) is 0. The average molecular weight is 296 g/mol. The van der Waals surface area contributed by atoms with E-state index in [2.05, 4.69) is 20.6 Å². The quantitative estimate of drug-likeness (QED) is 0.643. The van der Waals surface area contributed by atoms with E-state index in [1.807, 2.05) is 36.4 Å². The SMILES string of the molecule is NC(=O)Nc1ccccc1.Nc1ncnc2c1NC=CC=C2. The summed E-state index contributed by atoms with van der Waals surface area (Å²) in [6.07, 6.45) is 8.89. The highest BCUT2D eigenvalue weighted by molar-refractivity contribution is 5.87. The number of aromatic nitrogens is 2. The molecule has 1 aromatic carbocycles. The summed E-state index contributed by atoms with van der Waals surface area (Å²) in [6, 6.07) is 8.52. The molecule has 0 aliphatic carbocycles. The largest absolute Gasteiger partial charge is 0.382 e. The number of carbonyl (C=O) groups excluding carboxylic acids is 1. The summed E-state index contributed by atoms with van der Waals surface area (Å²) in [6.45, 7) is 0. The second kappa shape index (κ2) is 7.44. The number of nitrogens with zero attached hydrogens (tertiary/aromatic N) is 2. The van der Waals surface area contributed by atoms with Crippen molar-refractivity contribution in [2.45, 2.75) is 0 Å². The summed E-state index contributed by atoms with van der Waals surface area (Å²) < 4.78 is 0. The predicted octanol–water partition coefficient (Wildman–Crippen LogP) is 2.19. The summed E-state index contributed by atoms with van der Waals surface area (Å²) in [5, 5.41) is 5.44. The molecule has 1 aromatic heterocycles. The maximum atomic E-state index is 10.3. The van der Waals surface area contributed by atoms with Crippen molar-refractivity contribution >= 4 is 29.3 Å². The van der Waals surface area contributed by atoms with Crippen molar-refractivity contribution in [2.24, 2.45) is 5.73 Å². The van der Waals surface area contributed by atoms with E-state index >= 15 is 0 Å². The first-order chi connectivity index (χ1) is 10.7. The van der Waals surface area contributed by atoms with Gasteiger partial charge in [-0.3, -0.25) is 0 Å². The maximum absolute atomic E-state index is 10.3. The van der Waals surface area contributed by atoms with Crippen LogP contribution in [0.25, 0.3) is 6.08 Å². The van der Waals surface area contributed by atoms with E-state index in [9.17, 15) is 4.79 Å². The number of nitrogens with two attached hydrogens (primary N) is 2. The molecule has 2 heterocycles. The van der Waals surface area contributed by atoms with Crippen molar-refractivity contribution in [3.63, 3.8) is 0 Å². The van der Waals surface area contributed by atoms with Crippen LogP contribution in [0, 0.1) is 0 Å². The van der Waals surface area contributed by atoms with Crippen LogP contribution in [0.5, 0.6) is 0 Å². The number of primary amides is 1. The van der Waals surface area contributed by atoms with Crippen LogP contribution in [-0.2, 0) is 0 Å². The van der Waals surface area contributed by atoms with Crippen molar-refractivity contribution in [1.82, 2.24) is 9.97 Å². The standard InChI is InChI=1S/C8H8N4.C7H8N2O/c9-8-7-6(11-5-12-8)3-1-2-4-10-7;8-7(10)9-6-4-2-1-3-5-6/h1-5,10H,(H2,9,11,12);1-5H,(H3,8,9,10). The fourth-order valence-electron chi connectivity index (χ4n) is 1.69. The van der Waals surface area contributed by atoms with Gasteiger partial charge in [0.05, 0.1) is 5.69 Å². The Kier molecular flexibility index (Phi) is 5.09. The number of allylic oxidation sites excluding steroid dienone is 2. The Bertz CT molecular complexity index is 696. The fraction of sp³-hybridized carbons (Fsp3) is 0. The minimum absolute atomic E-state index is 0.469. The van der Waals surface area contributed by atoms with Gasteiger partial charge in [0.2, 0.25) is 0 Å². The zero-order valence-corrected chi connectivity index (χ0v) is 11.7. The number of amides is 2. The molecule has 0 saturated carbocycles. The molecule has 0 bridgehead atoms. The van der Waals surface area contributed by atoms with Gasteiger partial charge in [-0.25, -0.2) is 14.8 Å². The van der Waals surface area contributed by atoms with Crippen molar-refractivity contribution in [3.8, 4) is 0 Å². The number of nitrogen functional groups attached to an aromatic ring is 1. The third-order valence-corrected chi connectivity index (χ3v) is 2.64. The molecular weight excluding hydrogens is 280 g/mol. The maximum Gasteiger partial charge on any atom is 0.316 e. The number of carbonyl (C=O) groups is 1. The van der Waals surface area contributed by atoms with Gasteiger partial charge in [0.1, 0.15) is 12.0 Å². The summed E-state index contributed by atoms with van der Waals surface area (Å²) >= 11 is 0. The number of rotatable bonds is 1. The highest BCUT2D eigenvalue weighted by Crippen LogP contribution is 2.21. The Hall–Kier alpha value is -3.35. The van der Waals surface area contributed by atoms with Gasteiger partial charge < -0.3 is 22.1 Å². The minimum atomic E-state index is -0.536. The van der Waals surface area contributed by atoms with E-state index < -0.39 is 6.03 Å². The Morgan fingerprint density at radius 3 is 2.64 bits per heavy atom. The summed E-state index contributed by atoms with van der Waals surface area (Å²) in [5.74, 6) is 0.469. The number of para-hydroxylation sites is 1. The molecule has 3 rings (SSSR count). The molecule has 22 heavy (non-hydrogen) atoms. The second-order valence-corrected chi connectivity index (χ2v) is 4.24. The predicted molar refractivity (Wildman–Crippen MR) is 87.9 cm³/mol. The second-order valence-electron chi connectivity index (χ2n) is 4.24. The van der Waals surface area contributed by atoms with Gasteiger partial charge in [0.25, 0.3) is 0 Å². The van der Waals surface area contributed by atoms with E-state index in [4.69, 9.17) is 11.5 Å². The van der Waals surface area contributed by atoms with Crippen LogP contribution in [0.2, 0.25) is 0 Å². The molecule has 2 amide bonds. The van der Waals surface area contributed by atoms with Gasteiger partial charge in [-0.15, -0.1) is 0 Å². The Morgan fingerprint density at radius 1 is 1.14 bits per heavy atom. The molecule has 112 valence electrons. The van der Waals surface area contributed by atoms with Gasteiger partial charge >= 0.3 is 6.03 Å². The Labute approximate surface area is 127 Å². The molecular formula is C15H16N6O. The van der Waals surface area contributed by atoms with Crippen LogP contribution in [-0.4, -0.2) is 16.0 Å². The zero-order chi connectivity index (χ0) is 15.8. The summed E-state index contributed by atoms with van der Waals surface area (Å²) in [4.78, 5) is 18.2. The molecule has 1 aliphatic heterocycles. The first-order valence-electron chi connectivity index (χ1n) is 6.48. The van der Waals surface area contributed by atoms with E-state index in [0.717, 1.165) is 17.1 Å². The lowest BCUT2D eigenvalue weighted by atomic mass is 10.3. The van der Waals surface area contributed by atoms with E-state index in [1.54, 1.807) is 18.3 Å². The number of hydrogen-bond donors (Lipinski definition) is 4. The topological polar surface area (TPSA) is 119 Å². The van der Waals surface area contributed by atoms with Crippen LogP contribution in [0.15, 0.2) is 55.0 Å². The van der Waals surface area contributed by atoms with Gasteiger partial charge in [0.15, 0.2) is 5.82 Å². The van der Waals surface area contributed by atoms with Crippen LogP contribution in [0.1, 0.15) is 5.69 Å². The number of benzene rings is 1. The van der Waals surface area contributed by atoms with Crippen LogP contribution >= 0.6 is 0 Å². The van der Waals surface area contributed by atoms with E-state index in [-0.39, 0.29) is 0 Å². The number of anilines is 3. The number of hydrogen-bond acceptors (Lipinski definition) is 5. The Morgan fingerprint density at radius 2 is 1.91 bits per heavy atom. The van der Waals surface area contributed by atoms with Gasteiger partial charge in [-0.05, 0) is 24.3 Å². The lowest BCUT2D eigenvalue weighted by Gasteiger charge is -2.04. The average Bonchev–Trinajstić information content (AvgIpc) is 2.75. The highest BCUT2D eigenvalue weighted by atomic mass is 16.2. The molecule has 2 aromatic rings. The smallest absolute Gasteiger partial charge is 0.316 e. The van der Waals surface area contributed by atoms with Crippen LogP contribution in [0.4, 0.5) is 22.0 Å². The molecule has 0 fully saturated rings. The molecule has 0 radical (unpaired) electrons. The van der Waals surface area contributed by atoms with E-state index in [0.29, 0.717) is 5.82 Å². The van der Waals surface area contributed by atoms with E-state index in [1.165, 1.54) is 6.33 Å². The van der Waals surface area contributed by atoms with Crippen molar-refractivity contribution < 1.29 is 4.79 Å².